The molecule has 2 aromatic rings. The van der Waals surface area contributed by atoms with Gasteiger partial charge in [-0.2, -0.15) is 0 Å². The number of halogens is 2. The molecule has 0 aliphatic carbocycles. The number of carbonyl (C=O) groups excluding carboxylic acids is 2. The first-order valence-electron chi connectivity index (χ1n) is 9.81. The van der Waals surface area contributed by atoms with E-state index in [1.54, 1.807) is 24.3 Å². The van der Waals surface area contributed by atoms with Gasteiger partial charge >= 0.3 is 0 Å². The summed E-state index contributed by atoms with van der Waals surface area (Å²) in [5.74, 6) is -0.311. The van der Waals surface area contributed by atoms with Crippen LogP contribution in [-0.2, 0) is 0 Å². The molecule has 2 aromatic carbocycles. The van der Waals surface area contributed by atoms with Crippen molar-refractivity contribution in [3.8, 4) is 0 Å². The van der Waals surface area contributed by atoms with Crippen LogP contribution >= 0.6 is 24.0 Å². The molecule has 1 fully saturated rings. The van der Waals surface area contributed by atoms with Gasteiger partial charge in [0.1, 0.15) is 0 Å². The van der Waals surface area contributed by atoms with Crippen molar-refractivity contribution < 1.29 is 9.59 Å². The van der Waals surface area contributed by atoms with E-state index in [0.717, 1.165) is 50.6 Å². The number of nitrogens with zero attached hydrogens (tertiary/aromatic N) is 3. The molecular weight excluding hydrogens is 409 g/mol. The molecule has 0 bridgehead atoms. The van der Waals surface area contributed by atoms with E-state index in [4.69, 9.17) is 11.6 Å². The monoisotopic (exact) mass is 433 g/mol. The Balaban J connectivity index is 0.00000240. The van der Waals surface area contributed by atoms with Crippen LogP contribution in [0.4, 0.5) is 5.69 Å². The summed E-state index contributed by atoms with van der Waals surface area (Å²) < 4.78 is 0. The Morgan fingerprint density at radius 2 is 1.31 bits per heavy atom. The quantitative estimate of drug-likeness (QED) is 0.510. The number of hydrogen-bond acceptors (Lipinski definition) is 4. The van der Waals surface area contributed by atoms with Crippen molar-refractivity contribution >= 4 is 41.5 Å². The molecule has 2 heterocycles. The van der Waals surface area contributed by atoms with Crippen molar-refractivity contribution in [1.82, 2.24) is 9.80 Å². The fourth-order valence-electron chi connectivity index (χ4n) is 3.93. The normalized spacial score (nSPS) is 16.7. The maximum absolute atomic E-state index is 12.4. The molecule has 0 atom stereocenters. The van der Waals surface area contributed by atoms with Crippen molar-refractivity contribution in [2.75, 3.05) is 44.2 Å². The Hall–Kier alpha value is -2.08. The molecule has 0 radical (unpaired) electrons. The van der Waals surface area contributed by atoms with Gasteiger partial charge in [0.25, 0.3) is 11.8 Å². The van der Waals surface area contributed by atoms with E-state index in [2.05, 4.69) is 21.9 Å². The van der Waals surface area contributed by atoms with E-state index < -0.39 is 0 Å². The van der Waals surface area contributed by atoms with Gasteiger partial charge in [0, 0.05) is 43.4 Å². The predicted octanol–water partition coefficient (Wildman–Crippen LogP) is 3.96. The summed E-state index contributed by atoms with van der Waals surface area (Å²) in [5.41, 5.74) is 2.28. The lowest BCUT2D eigenvalue weighted by Gasteiger charge is -2.36. The van der Waals surface area contributed by atoms with Gasteiger partial charge in [-0.3, -0.25) is 19.4 Å². The van der Waals surface area contributed by atoms with E-state index in [1.807, 2.05) is 12.1 Å². The molecule has 4 rings (SSSR count). The average molecular weight is 434 g/mol. The summed E-state index contributed by atoms with van der Waals surface area (Å²) in [6, 6.07) is 15.1. The highest BCUT2D eigenvalue weighted by molar-refractivity contribution is 6.30. The van der Waals surface area contributed by atoms with E-state index in [0.29, 0.717) is 17.7 Å². The largest absolute Gasteiger partial charge is 0.369 e. The summed E-state index contributed by atoms with van der Waals surface area (Å²) in [6.45, 7) is 5.54. The average Bonchev–Trinajstić information content (AvgIpc) is 2.97. The van der Waals surface area contributed by atoms with Crippen molar-refractivity contribution in [3.63, 3.8) is 0 Å². The summed E-state index contributed by atoms with van der Waals surface area (Å²) in [7, 11) is 0. The number of amides is 2. The van der Waals surface area contributed by atoms with Crippen LogP contribution in [0, 0.1) is 0 Å². The van der Waals surface area contributed by atoms with Crippen LogP contribution in [0.15, 0.2) is 48.5 Å². The van der Waals surface area contributed by atoms with Crippen LogP contribution in [0.2, 0.25) is 5.02 Å². The molecule has 0 N–H and O–H groups in total. The number of imide groups is 1. The zero-order valence-electron chi connectivity index (χ0n) is 16.2. The lowest BCUT2D eigenvalue weighted by molar-refractivity contribution is 0.0650. The maximum atomic E-state index is 12.4. The molecule has 0 unspecified atom stereocenters. The summed E-state index contributed by atoms with van der Waals surface area (Å²) in [5, 5.41) is 0.764. The van der Waals surface area contributed by atoms with E-state index in [-0.39, 0.29) is 24.2 Å². The van der Waals surface area contributed by atoms with Crippen LogP contribution in [0.5, 0.6) is 0 Å². The van der Waals surface area contributed by atoms with Crippen molar-refractivity contribution in [2.45, 2.75) is 12.8 Å². The second-order valence-corrected chi connectivity index (χ2v) is 7.76. The number of piperazine rings is 1. The smallest absolute Gasteiger partial charge is 0.261 e. The van der Waals surface area contributed by atoms with Crippen molar-refractivity contribution in [3.05, 3.63) is 64.7 Å². The number of unbranched alkanes of at least 4 members (excludes halogenated alkanes) is 1. The van der Waals surface area contributed by atoms with Crippen LogP contribution < -0.4 is 4.90 Å². The topological polar surface area (TPSA) is 43.9 Å². The lowest BCUT2D eigenvalue weighted by Crippen LogP contribution is -2.46. The van der Waals surface area contributed by atoms with Crippen LogP contribution in [0.3, 0.4) is 0 Å². The van der Waals surface area contributed by atoms with Gasteiger partial charge in [-0.15, -0.1) is 12.4 Å². The molecule has 1 saturated heterocycles. The minimum absolute atomic E-state index is 0. The minimum Gasteiger partial charge on any atom is -0.369 e. The lowest BCUT2D eigenvalue weighted by atomic mass is 10.1. The van der Waals surface area contributed by atoms with Crippen LogP contribution in [0.1, 0.15) is 33.6 Å². The first-order valence-corrected chi connectivity index (χ1v) is 10.2. The molecule has 2 amide bonds. The SMILES string of the molecule is Cl.O=C1c2ccccc2C(=O)N1CCCCN1CCN(c2ccc(Cl)cc2)CC1. The third-order valence-electron chi connectivity index (χ3n) is 5.55. The van der Waals surface area contributed by atoms with Crippen LogP contribution in [-0.4, -0.2) is 60.9 Å². The molecule has 2 aliphatic rings. The van der Waals surface area contributed by atoms with Gasteiger partial charge in [0.2, 0.25) is 0 Å². The molecule has 154 valence electrons. The van der Waals surface area contributed by atoms with Gasteiger partial charge in [-0.1, -0.05) is 23.7 Å². The summed E-state index contributed by atoms with van der Waals surface area (Å²) in [4.78, 5) is 31.0. The molecule has 7 heteroatoms. The third kappa shape index (κ3) is 4.74. The highest BCUT2D eigenvalue weighted by Gasteiger charge is 2.34. The third-order valence-corrected chi connectivity index (χ3v) is 5.80. The molecule has 2 aliphatic heterocycles. The van der Waals surface area contributed by atoms with E-state index in [9.17, 15) is 9.59 Å². The predicted molar refractivity (Wildman–Crippen MR) is 118 cm³/mol. The number of rotatable bonds is 6. The van der Waals surface area contributed by atoms with Gasteiger partial charge in [-0.05, 0) is 55.8 Å². The van der Waals surface area contributed by atoms with Crippen molar-refractivity contribution in [2.24, 2.45) is 0 Å². The van der Waals surface area contributed by atoms with Crippen molar-refractivity contribution in [1.29, 1.82) is 0 Å². The molecule has 0 aromatic heterocycles. The zero-order chi connectivity index (χ0) is 19.5. The number of hydrogen-bond donors (Lipinski definition) is 0. The van der Waals surface area contributed by atoms with E-state index >= 15 is 0 Å². The molecule has 0 saturated carbocycles. The summed E-state index contributed by atoms with van der Waals surface area (Å²) in [6.07, 6.45) is 1.82. The fourth-order valence-corrected chi connectivity index (χ4v) is 4.06. The Bertz CT molecular complexity index is 830. The molecule has 29 heavy (non-hydrogen) atoms. The number of carbonyl (C=O) groups is 2. The minimum atomic E-state index is -0.155. The Kier molecular flexibility index (Phi) is 7.17. The zero-order valence-corrected chi connectivity index (χ0v) is 17.8. The number of anilines is 1. The highest BCUT2D eigenvalue weighted by Crippen LogP contribution is 2.23. The second kappa shape index (κ2) is 9.61. The Morgan fingerprint density at radius 1 is 0.759 bits per heavy atom. The molecule has 5 nitrogen and oxygen atoms in total. The van der Waals surface area contributed by atoms with Crippen LogP contribution in [0.25, 0.3) is 0 Å². The number of fused-ring (bicyclic) bond motifs is 1. The van der Waals surface area contributed by atoms with Gasteiger partial charge < -0.3 is 4.90 Å². The standard InChI is InChI=1S/C22H24ClN3O2.ClH/c23-17-7-9-18(10-8-17)25-15-13-24(14-16-25)11-3-4-12-26-21(27)19-5-1-2-6-20(19)22(26)28;/h1-2,5-10H,3-4,11-16H2;1H. The molecular formula is C22H25Cl2N3O2. The fraction of sp³-hybridized carbons (Fsp3) is 0.364. The van der Waals surface area contributed by atoms with E-state index in [1.165, 1.54) is 10.6 Å². The maximum Gasteiger partial charge on any atom is 0.261 e. The van der Waals surface area contributed by atoms with Gasteiger partial charge in [0.05, 0.1) is 11.1 Å². The van der Waals surface area contributed by atoms with Gasteiger partial charge in [0.15, 0.2) is 0 Å². The van der Waals surface area contributed by atoms with Gasteiger partial charge in [-0.25, -0.2) is 0 Å². The summed E-state index contributed by atoms with van der Waals surface area (Å²) >= 11 is 5.96. The highest BCUT2D eigenvalue weighted by atomic mass is 35.5. The molecule has 0 spiro atoms. The second-order valence-electron chi connectivity index (χ2n) is 7.32. The first-order chi connectivity index (χ1) is 13.6. The first kappa shape index (κ1) is 21.6. The Morgan fingerprint density at radius 3 is 1.90 bits per heavy atom. The Labute approximate surface area is 182 Å². The number of benzene rings is 2.